The van der Waals surface area contributed by atoms with Crippen molar-refractivity contribution in [3.05, 3.63) is 11.8 Å². The molecule has 0 radical (unpaired) electrons. The molecule has 18 heavy (non-hydrogen) atoms. The van der Waals surface area contributed by atoms with Crippen LogP contribution in [0.3, 0.4) is 0 Å². The predicted molar refractivity (Wildman–Crippen MR) is 72.6 cm³/mol. The molecule has 1 unspecified atom stereocenters. The molecule has 1 saturated carbocycles. The summed E-state index contributed by atoms with van der Waals surface area (Å²) in [4.78, 5) is 10.8. The van der Waals surface area contributed by atoms with Gasteiger partial charge in [-0.05, 0) is 32.6 Å². The Balaban J connectivity index is 2.20. The van der Waals surface area contributed by atoms with Crippen LogP contribution in [0, 0.1) is 12.8 Å². The van der Waals surface area contributed by atoms with Crippen LogP contribution < -0.4 is 10.6 Å². The number of nitrogens with two attached hydrogens (primary N) is 1. The van der Waals surface area contributed by atoms with Gasteiger partial charge < -0.3 is 15.4 Å². The monoisotopic (exact) mass is 250 g/mol. The molecule has 2 N–H and O–H groups in total. The summed E-state index contributed by atoms with van der Waals surface area (Å²) in [6.45, 7) is 5.73. The lowest BCUT2D eigenvalue weighted by molar-refractivity contribution is 0.202. The molecule has 1 aliphatic carbocycles. The van der Waals surface area contributed by atoms with E-state index >= 15 is 0 Å². The number of aromatic nitrogens is 2. The average molecular weight is 250 g/mol. The van der Waals surface area contributed by atoms with E-state index in [0.717, 1.165) is 24.0 Å². The molecule has 1 atom stereocenters. The first-order valence-corrected chi connectivity index (χ1v) is 6.48. The maximum absolute atomic E-state index is 5.74. The van der Waals surface area contributed by atoms with Crippen molar-refractivity contribution in [1.29, 1.82) is 0 Å². The highest BCUT2D eigenvalue weighted by atomic mass is 16.5. The quantitative estimate of drug-likeness (QED) is 0.831. The summed E-state index contributed by atoms with van der Waals surface area (Å²) in [5.74, 6) is 2.03. The minimum Gasteiger partial charge on any atom is -0.383 e. The zero-order chi connectivity index (χ0) is 13.1. The molecule has 5 heteroatoms. The molecule has 1 aromatic heterocycles. The van der Waals surface area contributed by atoms with Crippen LogP contribution in [0.4, 0.5) is 11.8 Å². The van der Waals surface area contributed by atoms with Crippen molar-refractivity contribution in [1.82, 2.24) is 9.97 Å². The second-order valence-corrected chi connectivity index (χ2v) is 4.99. The molecule has 1 fully saturated rings. The highest BCUT2D eigenvalue weighted by Crippen LogP contribution is 2.36. The fraction of sp³-hybridized carbons (Fsp3) is 0.692. The molecule has 0 aliphatic heterocycles. The Morgan fingerprint density at radius 3 is 2.78 bits per heavy atom. The first kappa shape index (κ1) is 13.1. The lowest BCUT2D eigenvalue weighted by Gasteiger charge is -2.30. The Morgan fingerprint density at radius 2 is 2.22 bits per heavy atom. The summed E-state index contributed by atoms with van der Waals surface area (Å²) in [5, 5.41) is 0. The number of nitrogens with zero attached hydrogens (tertiary/aromatic N) is 3. The lowest BCUT2D eigenvalue weighted by Crippen LogP contribution is -2.38. The number of aryl methyl sites for hydroxylation is 1. The van der Waals surface area contributed by atoms with Crippen LogP contribution in [0.15, 0.2) is 6.07 Å². The second kappa shape index (κ2) is 5.52. The van der Waals surface area contributed by atoms with Crippen LogP contribution in [-0.4, -0.2) is 36.3 Å². The lowest BCUT2D eigenvalue weighted by atomic mass is 10.2. The Bertz CT molecular complexity index is 386. The number of anilines is 2. The third-order valence-corrected chi connectivity index (χ3v) is 3.48. The molecule has 100 valence electrons. The molecule has 1 aromatic rings. The predicted octanol–water partition coefficient (Wildman–Crippen LogP) is 1.62. The van der Waals surface area contributed by atoms with Crippen molar-refractivity contribution in [2.75, 3.05) is 30.9 Å². The van der Waals surface area contributed by atoms with Crippen LogP contribution in [0.5, 0.6) is 0 Å². The zero-order valence-corrected chi connectivity index (χ0v) is 11.4. The van der Waals surface area contributed by atoms with Gasteiger partial charge in [0, 0.05) is 31.5 Å². The summed E-state index contributed by atoms with van der Waals surface area (Å²) in [5.41, 5.74) is 6.64. The highest BCUT2D eigenvalue weighted by Gasteiger charge is 2.32. The van der Waals surface area contributed by atoms with Crippen molar-refractivity contribution in [2.24, 2.45) is 5.92 Å². The number of ether oxygens (including phenoxy) is 1. The molecular formula is C13H22N4O. The molecule has 2 rings (SSSR count). The Hall–Kier alpha value is -1.36. The molecule has 1 heterocycles. The van der Waals surface area contributed by atoms with Crippen LogP contribution in [-0.2, 0) is 4.74 Å². The molecule has 0 saturated heterocycles. The minimum atomic E-state index is 0.343. The average Bonchev–Trinajstić information content (AvgIpc) is 3.11. The van der Waals surface area contributed by atoms with Crippen LogP contribution >= 0.6 is 0 Å². The van der Waals surface area contributed by atoms with Gasteiger partial charge in [0.25, 0.3) is 0 Å². The largest absolute Gasteiger partial charge is 0.383 e. The van der Waals surface area contributed by atoms with Crippen molar-refractivity contribution in [3.8, 4) is 0 Å². The standard InChI is InChI=1S/C13H22N4O/c1-9-8-12(16-13(14)15-9)17(6-7-18-3)10(2)11-4-5-11/h8,10-11H,4-7H2,1-3H3,(H2,14,15,16). The van der Waals surface area contributed by atoms with Crippen LogP contribution in [0.1, 0.15) is 25.5 Å². The van der Waals surface area contributed by atoms with Gasteiger partial charge >= 0.3 is 0 Å². The van der Waals surface area contributed by atoms with Gasteiger partial charge in [-0.25, -0.2) is 4.98 Å². The first-order valence-electron chi connectivity index (χ1n) is 6.48. The molecule has 0 spiro atoms. The number of nitrogen functional groups attached to an aromatic ring is 1. The van der Waals surface area contributed by atoms with E-state index in [0.29, 0.717) is 18.6 Å². The van der Waals surface area contributed by atoms with Crippen LogP contribution in [0.2, 0.25) is 0 Å². The van der Waals surface area contributed by atoms with Gasteiger partial charge in [0.05, 0.1) is 6.61 Å². The van der Waals surface area contributed by atoms with E-state index in [9.17, 15) is 0 Å². The molecule has 0 bridgehead atoms. The van der Waals surface area contributed by atoms with Gasteiger partial charge in [-0.2, -0.15) is 4.98 Å². The molecule has 0 amide bonds. The van der Waals surface area contributed by atoms with Gasteiger partial charge in [-0.15, -0.1) is 0 Å². The van der Waals surface area contributed by atoms with E-state index in [1.807, 2.05) is 13.0 Å². The number of hydrogen-bond acceptors (Lipinski definition) is 5. The first-order chi connectivity index (χ1) is 8.61. The van der Waals surface area contributed by atoms with E-state index in [2.05, 4.69) is 21.8 Å². The third kappa shape index (κ3) is 3.10. The van der Waals surface area contributed by atoms with Gasteiger partial charge in [0.15, 0.2) is 0 Å². The summed E-state index contributed by atoms with van der Waals surface area (Å²) in [6.07, 6.45) is 2.62. The molecule has 5 nitrogen and oxygen atoms in total. The number of rotatable bonds is 6. The van der Waals surface area contributed by atoms with E-state index in [1.54, 1.807) is 7.11 Å². The van der Waals surface area contributed by atoms with Crippen molar-refractivity contribution >= 4 is 11.8 Å². The highest BCUT2D eigenvalue weighted by molar-refractivity contribution is 5.44. The number of hydrogen-bond donors (Lipinski definition) is 1. The smallest absolute Gasteiger partial charge is 0.222 e. The molecule has 1 aliphatic rings. The van der Waals surface area contributed by atoms with Crippen molar-refractivity contribution in [3.63, 3.8) is 0 Å². The van der Waals surface area contributed by atoms with Gasteiger partial charge in [0.1, 0.15) is 5.82 Å². The molecule has 0 aromatic carbocycles. The van der Waals surface area contributed by atoms with E-state index in [1.165, 1.54) is 12.8 Å². The van der Waals surface area contributed by atoms with E-state index in [-0.39, 0.29) is 0 Å². The maximum atomic E-state index is 5.74. The second-order valence-electron chi connectivity index (χ2n) is 4.99. The number of methoxy groups -OCH3 is 1. The SMILES string of the molecule is COCCN(c1cc(C)nc(N)n1)C(C)C1CC1. The summed E-state index contributed by atoms with van der Waals surface area (Å²) in [7, 11) is 1.72. The summed E-state index contributed by atoms with van der Waals surface area (Å²) < 4.78 is 5.19. The topological polar surface area (TPSA) is 64.3 Å². The normalized spacial score (nSPS) is 16.6. The van der Waals surface area contributed by atoms with Crippen molar-refractivity contribution in [2.45, 2.75) is 32.7 Å². The van der Waals surface area contributed by atoms with E-state index in [4.69, 9.17) is 10.5 Å². The summed E-state index contributed by atoms with van der Waals surface area (Å²) in [6, 6.07) is 2.47. The Kier molecular flexibility index (Phi) is 4.01. The van der Waals surface area contributed by atoms with Gasteiger partial charge in [-0.1, -0.05) is 0 Å². The molecular weight excluding hydrogens is 228 g/mol. The minimum absolute atomic E-state index is 0.343. The fourth-order valence-corrected chi connectivity index (χ4v) is 2.27. The van der Waals surface area contributed by atoms with E-state index < -0.39 is 0 Å². The third-order valence-electron chi connectivity index (χ3n) is 3.48. The van der Waals surface area contributed by atoms with Crippen LogP contribution in [0.25, 0.3) is 0 Å². The van der Waals surface area contributed by atoms with Gasteiger partial charge in [-0.3, -0.25) is 0 Å². The van der Waals surface area contributed by atoms with Gasteiger partial charge in [0.2, 0.25) is 5.95 Å². The van der Waals surface area contributed by atoms with Crippen molar-refractivity contribution < 1.29 is 4.74 Å². The summed E-state index contributed by atoms with van der Waals surface area (Å²) >= 11 is 0. The Labute approximate surface area is 108 Å². The maximum Gasteiger partial charge on any atom is 0.222 e. The zero-order valence-electron chi connectivity index (χ0n) is 11.4. The fourth-order valence-electron chi connectivity index (χ4n) is 2.27. The Morgan fingerprint density at radius 1 is 1.50 bits per heavy atom.